The Bertz CT molecular complexity index is 255. The predicted molar refractivity (Wildman–Crippen MR) is 39.2 cm³/mol. The van der Waals surface area contributed by atoms with E-state index >= 15 is 0 Å². The number of carboxylic acids is 1. The summed E-state index contributed by atoms with van der Waals surface area (Å²) >= 11 is 0. The fraction of sp³-hybridized carbons (Fsp3) is 0.429. The van der Waals surface area contributed by atoms with Crippen LogP contribution in [-0.2, 0) is 17.8 Å². The number of aromatic nitrogens is 2. The molecule has 0 unspecified atom stereocenters. The summed E-state index contributed by atoms with van der Waals surface area (Å²) in [6.45, 7) is 2.80. The second-order valence-corrected chi connectivity index (χ2v) is 2.27. The van der Waals surface area contributed by atoms with E-state index in [1.54, 1.807) is 12.5 Å². The molecule has 0 saturated carbocycles. The Balaban J connectivity index is 2.65. The van der Waals surface area contributed by atoms with Crippen molar-refractivity contribution in [2.45, 2.75) is 19.9 Å². The maximum absolute atomic E-state index is 10.2. The molecular formula is C7H10N2O2. The van der Waals surface area contributed by atoms with Crippen LogP contribution < -0.4 is 0 Å². The van der Waals surface area contributed by atoms with Crippen molar-refractivity contribution in [3.63, 3.8) is 0 Å². The average Bonchev–Trinajstić information content (AvgIpc) is 2.34. The zero-order valence-corrected chi connectivity index (χ0v) is 6.32. The van der Waals surface area contributed by atoms with E-state index in [2.05, 4.69) is 4.98 Å². The van der Waals surface area contributed by atoms with Crippen LogP contribution in [0, 0.1) is 0 Å². The lowest BCUT2D eigenvalue weighted by atomic mass is 10.3. The van der Waals surface area contributed by atoms with Crippen LogP contribution in [0.5, 0.6) is 0 Å². The number of aryl methyl sites for hydroxylation is 1. The Kier molecular flexibility index (Phi) is 2.25. The molecule has 4 heteroatoms. The SMILES string of the molecule is CCn1cnc(CC(=O)O)c1. The van der Waals surface area contributed by atoms with Gasteiger partial charge < -0.3 is 9.67 Å². The number of rotatable bonds is 3. The van der Waals surface area contributed by atoms with Gasteiger partial charge in [-0.15, -0.1) is 0 Å². The third-order valence-corrected chi connectivity index (χ3v) is 1.38. The van der Waals surface area contributed by atoms with E-state index < -0.39 is 5.97 Å². The first kappa shape index (κ1) is 7.78. The van der Waals surface area contributed by atoms with Crippen LogP contribution in [0.1, 0.15) is 12.6 Å². The van der Waals surface area contributed by atoms with E-state index in [0.717, 1.165) is 6.54 Å². The molecule has 60 valence electrons. The molecule has 0 spiro atoms. The number of carbonyl (C=O) groups is 1. The molecule has 1 N–H and O–H groups in total. The van der Waals surface area contributed by atoms with Crippen molar-refractivity contribution in [3.8, 4) is 0 Å². The van der Waals surface area contributed by atoms with Gasteiger partial charge in [0.1, 0.15) is 0 Å². The number of carboxylic acid groups (broad SMARTS) is 1. The van der Waals surface area contributed by atoms with Gasteiger partial charge in [-0.3, -0.25) is 4.79 Å². The molecular weight excluding hydrogens is 144 g/mol. The summed E-state index contributed by atoms with van der Waals surface area (Å²) in [4.78, 5) is 14.1. The lowest BCUT2D eigenvalue weighted by molar-refractivity contribution is -0.136. The number of imidazole rings is 1. The lowest BCUT2D eigenvalue weighted by Gasteiger charge is -1.90. The topological polar surface area (TPSA) is 55.1 Å². The number of hydrogen-bond acceptors (Lipinski definition) is 2. The second kappa shape index (κ2) is 3.18. The van der Waals surface area contributed by atoms with Crippen LogP contribution in [0.3, 0.4) is 0 Å². The summed E-state index contributed by atoms with van der Waals surface area (Å²) in [5, 5.41) is 8.40. The molecule has 0 fully saturated rings. The molecule has 1 aromatic rings. The average molecular weight is 154 g/mol. The standard InChI is InChI=1S/C7H10N2O2/c1-2-9-4-6(8-5-9)3-7(10)11/h4-5H,2-3H2,1H3,(H,10,11). The molecule has 0 saturated heterocycles. The van der Waals surface area contributed by atoms with Gasteiger partial charge in [-0.2, -0.15) is 0 Å². The lowest BCUT2D eigenvalue weighted by Crippen LogP contribution is -1.99. The highest BCUT2D eigenvalue weighted by Crippen LogP contribution is 1.96. The van der Waals surface area contributed by atoms with Gasteiger partial charge in [-0.05, 0) is 6.92 Å². The van der Waals surface area contributed by atoms with Crippen LogP contribution in [0.15, 0.2) is 12.5 Å². The monoisotopic (exact) mass is 154 g/mol. The fourth-order valence-corrected chi connectivity index (χ4v) is 0.826. The summed E-state index contributed by atoms with van der Waals surface area (Å²) in [6, 6.07) is 0. The predicted octanol–water partition coefficient (Wildman–Crippen LogP) is 0.530. The van der Waals surface area contributed by atoms with E-state index in [1.807, 2.05) is 11.5 Å². The van der Waals surface area contributed by atoms with Crippen LogP contribution in [0.4, 0.5) is 0 Å². The van der Waals surface area contributed by atoms with Crippen LogP contribution in [0.25, 0.3) is 0 Å². The van der Waals surface area contributed by atoms with Gasteiger partial charge in [-0.25, -0.2) is 4.98 Å². The molecule has 0 amide bonds. The van der Waals surface area contributed by atoms with E-state index in [4.69, 9.17) is 5.11 Å². The quantitative estimate of drug-likeness (QED) is 0.690. The summed E-state index contributed by atoms with van der Waals surface area (Å²) in [7, 11) is 0. The van der Waals surface area contributed by atoms with Gasteiger partial charge in [0.25, 0.3) is 0 Å². The van der Waals surface area contributed by atoms with E-state index in [-0.39, 0.29) is 6.42 Å². The smallest absolute Gasteiger partial charge is 0.309 e. The van der Waals surface area contributed by atoms with Gasteiger partial charge >= 0.3 is 5.97 Å². The van der Waals surface area contributed by atoms with Crippen molar-refractivity contribution in [3.05, 3.63) is 18.2 Å². The van der Waals surface area contributed by atoms with Gasteiger partial charge in [-0.1, -0.05) is 0 Å². The highest BCUT2D eigenvalue weighted by molar-refractivity contribution is 5.69. The zero-order chi connectivity index (χ0) is 8.27. The summed E-state index contributed by atoms with van der Waals surface area (Å²) in [5.41, 5.74) is 0.611. The Hall–Kier alpha value is -1.32. The first-order valence-electron chi connectivity index (χ1n) is 3.45. The summed E-state index contributed by atoms with van der Waals surface area (Å²) < 4.78 is 1.85. The molecule has 0 aromatic carbocycles. The molecule has 0 aliphatic rings. The molecule has 0 bridgehead atoms. The first-order valence-corrected chi connectivity index (χ1v) is 3.45. The van der Waals surface area contributed by atoms with Crippen molar-refractivity contribution >= 4 is 5.97 Å². The van der Waals surface area contributed by atoms with Crippen molar-refractivity contribution in [2.75, 3.05) is 0 Å². The first-order chi connectivity index (χ1) is 5.22. The molecule has 0 radical (unpaired) electrons. The molecule has 0 aliphatic carbocycles. The maximum atomic E-state index is 10.2. The molecule has 1 aromatic heterocycles. The van der Waals surface area contributed by atoms with E-state index in [0.29, 0.717) is 5.69 Å². The number of hydrogen-bond donors (Lipinski definition) is 1. The van der Waals surface area contributed by atoms with Crippen molar-refractivity contribution < 1.29 is 9.90 Å². The number of nitrogens with zero attached hydrogens (tertiary/aromatic N) is 2. The molecule has 11 heavy (non-hydrogen) atoms. The molecule has 1 heterocycles. The Labute approximate surface area is 64.5 Å². The molecule has 1 rings (SSSR count). The minimum absolute atomic E-state index is 0.00694. The molecule has 0 atom stereocenters. The second-order valence-electron chi connectivity index (χ2n) is 2.27. The third-order valence-electron chi connectivity index (χ3n) is 1.38. The van der Waals surface area contributed by atoms with Crippen LogP contribution in [-0.4, -0.2) is 20.6 Å². The maximum Gasteiger partial charge on any atom is 0.309 e. The Morgan fingerprint density at radius 1 is 1.82 bits per heavy atom. The largest absolute Gasteiger partial charge is 0.481 e. The van der Waals surface area contributed by atoms with Crippen LogP contribution in [0.2, 0.25) is 0 Å². The van der Waals surface area contributed by atoms with Gasteiger partial charge in [0, 0.05) is 12.7 Å². The Morgan fingerprint density at radius 3 is 3.00 bits per heavy atom. The Morgan fingerprint density at radius 2 is 2.55 bits per heavy atom. The minimum atomic E-state index is -0.841. The van der Waals surface area contributed by atoms with E-state index in [1.165, 1.54) is 0 Å². The fourth-order valence-electron chi connectivity index (χ4n) is 0.826. The van der Waals surface area contributed by atoms with E-state index in [9.17, 15) is 4.79 Å². The number of aliphatic carboxylic acids is 1. The molecule has 4 nitrogen and oxygen atoms in total. The third kappa shape index (κ3) is 2.07. The summed E-state index contributed by atoms with van der Waals surface area (Å²) in [5.74, 6) is -0.841. The van der Waals surface area contributed by atoms with Gasteiger partial charge in [0.15, 0.2) is 0 Å². The normalized spacial score (nSPS) is 9.91. The molecule has 0 aliphatic heterocycles. The van der Waals surface area contributed by atoms with Crippen LogP contribution >= 0.6 is 0 Å². The highest BCUT2D eigenvalue weighted by Gasteiger charge is 2.02. The van der Waals surface area contributed by atoms with Gasteiger partial charge in [0.05, 0.1) is 18.4 Å². The van der Waals surface area contributed by atoms with Crippen molar-refractivity contribution in [2.24, 2.45) is 0 Å². The highest BCUT2D eigenvalue weighted by atomic mass is 16.4. The van der Waals surface area contributed by atoms with Crippen molar-refractivity contribution in [1.82, 2.24) is 9.55 Å². The zero-order valence-electron chi connectivity index (χ0n) is 6.32. The minimum Gasteiger partial charge on any atom is -0.481 e. The van der Waals surface area contributed by atoms with Crippen molar-refractivity contribution in [1.29, 1.82) is 0 Å². The van der Waals surface area contributed by atoms with Gasteiger partial charge in [0.2, 0.25) is 0 Å². The summed E-state index contributed by atoms with van der Waals surface area (Å²) in [6.07, 6.45) is 3.39.